The Bertz CT molecular complexity index is 1290. The van der Waals surface area contributed by atoms with Gasteiger partial charge in [0, 0.05) is 13.1 Å². The zero-order chi connectivity index (χ0) is 26.5. The minimum absolute atomic E-state index is 0.121. The lowest BCUT2D eigenvalue weighted by atomic mass is 9.93. The van der Waals surface area contributed by atoms with Crippen LogP contribution >= 0.6 is 0 Å². The standard InChI is InChI=1S/C29H32N4O4/c1-18-12-22(34)13-19(2)24(18)14-25(30)28(36)32-27-23-11-7-6-10-21(23)16-33(29(27)37)17-26(35)31-15-20-8-4-3-5-9-20/h3-13,25,27,34H,14-17,30H2,1-2H3,(H,31,35)(H,32,36)/t25-,27-/m0/s1. The fourth-order valence-electron chi connectivity index (χ4n) is 4.71. The van der Waals surface area contributed by atoms with E-state index in [9.17, 15) is 19.5 Å². The molecule has 5 N–H and O–H groups in total. The maximum Gasteiger partial charge on any atom is 0.250 e. The van der Waals surface area contributed by atoms with E-state index in [4.69, 9.17) is 5.73 Å². The second-order valence-corrected chi connectivity index (χ2v) is 9.47. The summed E-state index contributed by atoms with van der Waals surface area (Å²) in [6.07, 6.45) is 0.262. The van der Waals surface area contributed by atoms with Crippen molar-refractivity contribution in [2.24, 2.45) is 5.73 Å². The number of benzene rings is 3. The summed E-state index contributed by atoms with van der Waals surface area (Å²) < 4.78 is 0. The van der Waals surface area contributed by atoms with Gasteiger partial charge in [-0.15, -0.1) is 0 Å². The second-order valence-electron chi connectivity index (χ2n) is 9.47. The largest absolute Gasteiger partial charge is 0.508 e. The van der Waals surface area contributed by atoms with Gasteiger partial charge in [-0.1, -0.05) is 54.6 Å². The summed E-state index contributed by atoms with van der Waals surface area (Å²) in [7, 11) is 0. The molecule has 3 amide bonds. The van der Waals surface area contributed by atoms with E-state index in [0.29, 0.717) is 12.1 Å². The van der Waals surface area contributed by atoms with Crippen LogP contribution in [0.25, 0.3) is 0 Å². The first-order valence-electron chi connectivity index (χ1n) is 12.2. The third-order valence-electron chi connectivity index (χ3n) is 6.68. The van der Waals surface area contributed by atoms with Gasteiger partial charge in [-0.3, -0.25) is 14.4 Å². The van der Waals surface area contributed by atoms with Crippen molar-refractivity contribution in [2.45, 2.75) is 45.4 Å². The molecule has 3 aromatic carbocycles. The second kappa shape index (κ2) is 11.3. The van der Waals surface area contributed by atoms with Crippen LogP contribution in [0.4, 0.5) is 0 Å². The van der Waals surface area contributed by atoms with Crippen LogP contribution in [-0.2, 0) is 33.9 Å². The highest BCUT2D eigenvalue weighted by Gasteiger charge is 2.35. The number of hydrogen-bond acceptors (Lipinski definition) is 5. The predicted molar refractivity (Wildman–Crippen MR) is 140 cm³/mol. The average molecular weight is 501 g/mol. The summed E-state index contributed by atoms with van der Waals surface area (Å²) in [6, 6.07) is 18.3. The van der Waals surface area contributed by atoms with Crippen molar-refractivity contribution in [2.75, 3.05) is 6.54 Å². The van der Waals surface area contributed by atoms with E-state index in [1.54, 1.807) is 12.1 Å². The van der Waals surface area contributed by atoms with Crippen LogP contribution < -0.4 is 16.4 Å². The molecule has 8 nitrogen and oxygen atoms in total. The molecule has 8 heteroatoms. The van der Waals surface area contributed by atoms with Gasteiger partial charge in [0.2, 0.25) is 11.8 Å². The summed E-state index contributed by atoms with van der Waals surface area (Å²) in [6.45, 7) is 4.23. The summed E-state index contributed by atoms with van der Waals surface area (Å²) in [4.78, 5) is 40.6. The molecule has 0 bridgehead atoms. The minimum Gasteiger partial charge on any atom is -0.508 e. The molecule has 3 aromatic rings. The van der Waals surface area contributed by atoms with E-state index in [0.717, 1.165) is 27.8 Å². The highest BCUT2D eigenvalue weighted by Crippen LogP contribution is 2.28. The Balaban J connectivity index is 1.45. The molecule has 4 rings (SSSR count). The van der Waals surface area contributed by atoms with Crippen molar-refractivity contribution in [3.8, 4) is 5.75 Å². The molecule has 192 valence electrons. The van der Waals surface area contributed by atoms with E-state index in [-0.39, 0.29) is 37.1 Å². The first kappa shape index (κ1) is 25.9. The number of nitrogens with zero attached hydrogens (tertiary/aromatic N) is 1. The van der Waals surface area contributed by atoms with E-state index in [1.807, 2.05) is 68.4 Å². The number of aromatic hydroxyl groups is 1. The third kappa shape index (κ3) is 6.16. The van der Waals surface area contributed by atoms with Gasteiger partial charge in [0.05, 0.1) is 12.6 Å². The third-order valence-corrected chi connectivity index (χ3v) is 6.68. The van der Waals surface area contributed by atoms with Gasteiger partial charge in [-0.05, 0) is 65.8 Å². The lowest BCUT2D eigenvalue weighted by Gasteiger charge is -2.34. The first-order chi connectivity index (χ1) is 17.7. The van der Waals surface area contributed by atoms with Gasteiger partial charge >= 0.3 is 0 Å². The van der Waals surface area contributed by atoms with Crippen molar-refractivity contribution < 1.29 is 19.5 Å². The van der Waals surface area contributed by atoms with Crippen LogP contribution in [-0.4, -0.2) is 40.3 Å². The normalized spacial score (nSPS) is 15.6. The first-order valence-corrected chi connectivity index (χ1v) is 12.2. The molecule has 1 aliphatic heterocycles. The Morgan fingerprint density at radius 1 is 1.05 bits per heavy atom. The van der Waals surface area contributed by atoms with Crippen molar-refractivity contribution in [1.82, 2.24) is 15.5 Å². The SMILES string of the molecule is Cc1cc(O)cc(C)c1C[C@H](N)C(=O)N[C@@H]1C(=O)N(CC(=O)NCc2ccccc2)Cc2ccccc21. The van der Waals surface area contributed by atoms with Crippen molar-refractivity contribution >= 4 is 17.7 Å². The monoisotopic (exact) mass is 500 g/mol. The number of phenols is 1. The number of rotatable bonds is 8. The van der Waals surface area contributed by atoms with E-state index in [2.05, 4.69) is 10.6 Å². The molecule has 0 aliphatic carbocycles. The molecule has 0 saturated heterocycles. The summed E-state index contributed by atoms with van der Waals surface area (Å²) in [5.41, 5.74) is 11.3. The van der Waals surface area contributed by atoms with Crippen molar-refractivity contribution in [1.29, 1.82) is 0 Å². The molecule has 37 heavy (non-hydrogen) atoms. The Hall–Kier alpha value is -4.17. The molecule has 2 atom stereocenters. The van der Waals surface area contributed by atoms with Crippen LogP contribution in [0.15, 0.2) is 66.7 Å². The quantitative estimate of drug-likeness (QED) is 0.378. The molecule has 0 radical (unpaired) electrons. The summed E-state index contributed by atoms with van der Waals surface area (Å²) in [5.74, 6) is -0.938. The zero-order valence-electron chi connectivity index (χ0n) is 21.0. The molecule has 0 saturated carbocycles. The number of aryl methyl sites for hydroxylation is 2. The van der Waals surface area contributed by atoms with Gasteiger partial charge in [-0.2, -0.15) is 0 Å². The van der Waals surface area contributed by atoms with Gasteiger partial charge in [0.15, 0.2) is 0 Å². The Morgan fingerprint density at radius 3 is 2.41 bits per heavy atom. The van der Waals surface area contributed by atoms with Gasteiger partial charge in [0.25, 0.3) is 5.91 Å². The van der Waals surface area contributed by atoms with Crippen LogP contribution in [0.2, 0.25) is 0 Å². The smallest absolute Gasteiger partial charge is 0.250 e. The van der Waals surface area contributed by atoms with Crippen LogP contribution in [0, 0.1) is 13.8 Å². The fourth-order valence-corrected chi connectivity index (χ4v) is 4.71. The molecule has 1 aliphatic rings. The molecule has 0 spiro atoms. The van der Waals surface area contributed by atoms with E-state index >= 15 is 0 Å². The molecule has 0 unspecified atom stereocenters. The minimum atomic E-state index is -0.938. The fraction of sp³-hybridized carbons (Fsp3) is 0.276. The molecular formula is C29H32N4O4. The lowest BCUT2D eigenvalue weighted by Crippen LogP contribution is -2.52. The predicted octanol–water partition coefficient (Wildman–Crippen LogP) is 2.39. The maximum absolute atomic E-state index is 13.4. The Morgan fingerprint density at radius 2 is 1.70 bits per heavy atom. The lowest BCUT2D eigenvalue weighted by molar-refractivity contribution is -0.141. The molecular weight excluding hydrogens is 468 g/mol. The summed E-state index contributed by atoms with van der Waals surface area (Å²) in [5, 5.41) is 15.5. The number of fused-ring (bicyclic) bond motifs is 1. The van der Waals surface area contributed by atoms with Gasteiger partial charge in [-0.25, -0.2) is 0 Å². The zero-order valence-corrected chi connectivity index (χ0v) is 21.0. The number of nitrogens with one attached hydrogen (secondary N) is 2. The van der Waals surface area contributed by atoms with Crippen molar-refractivity contribution in [3.05, 3.63) is 100 Å². The van der Waals surface area contributed by atoms with Crippen LogP contribution in [0.1, 0.15) is 39.4 Å². The van der Waals surface area contributed by atoms with Gasteiger partial charge < -0.3 is 26.4 Å². The highest BCUT2D eigenvalue weighted by molar-refractivity contribution is 5.94. The van der Waals surface area contributed by atoms with Crippen LogP contribution in [0.3, 0.4) is 0 Å². The number of phenolic OH excluding ortho intramolecular Hbond substituents is 1. The average Bonchev–Trinajstić information content (AvgIpc) is 2.87. The molecule has 0 aromatic heterocycles. The molecule has 1 heterocycles. The topological polar surface area (TPSA) is 125 Å². The highest BCUT2D eigenvalue weighted by atomic mass is 16.3. The maximum atomic E-state index is 13.4. The van der Waals surface area contributed by atoms with Crippen molar-refractivity contribution in [3.63, 3.8) is 0 Å². The van der Waals surface area contributed by atoms with Crippen LogP contribution in [0.5, 0.6) is 5.75 Å². The number of hydrogen-bond donors (Lipinski definition) is 4. The number of nitrogens with two attached hydrogens (primary N) is 1. The number of amides is 3. The number of carbonyl (C=O) groups excluding carboxylic acids is 3. The van der Waals surface area contributed by atoms with E-state index in [1.165, 1.54) is 4.90 Å². The van der Waals surface area contributed by atoms with E-state index < -0.39 is 18.0 Å². The van der Waals surface area contributed by atoms with Gasteiger partial charge in [0.1, 0.15) is 11.8 Å². The molecule has 0 fully saturated rings. The summed E-state index contributed by atoms with van der Waals surface area (Å²) >= 11 is 0. The Kier molecular flexibility index (Phi) is 7.89. The Labute approximate surface area is 216 Å². The number of carbonyl (C=O) groups is 3.